The van der Waals surface area contributed by atoms with Crippen LogP contribution in [0, 0.1) is 17.8 Å². The fourth-order valence-corrected chi connectivity index (χ4v) is 2.37. The molecule has 102 valence electrons. The summed E-state index contributed by atoms with van der Waals surface area (Å²) in [5.41, 5.74) is 1.31. The first-order valence-electron chi connectivity index (χ1n) is 6.88. The first-order valence-corrected chi connectivity index (χ1v) is 6.88. The van der Waals surface area contributed by atoms with Crippen LogP contribution in [0.2, 0.25) is 0 Å². The maximum atomic E-state index is 5.15. The number of benzene rings is 1. The van der Waals surface area contributed by atoms with Crippen LogP contribution in [0.1, 0.15) is 33.3 Å². The minimum absolute atomic E-state index is 0.730. The van der Waals surface area contributed by atoms with Crippen molar-refractivity contribution >= 4 is 0 Å². The summed E-state index contributed by atoms with van der Waals surface area (Å²) in [5, 5.41) is 3.56. The zero-order valence-electron chi connectivity index (χ0n) is 12.4. The van der Waals surface area contributed by atoms with Gasteiger partial charge in [0.05, 0.1) is 7.11 Å². The smallest absolute Gasteiger partial charge is 0.118 e. The summed E-state index contributed by atoms with van der Waals surface area (Å²) < 4.78 is 5.15. The lowest BCUT2D eigenvalue weighted by Crippen LogP contribution is -2.29. The molecule has 0 radical (unpaired) electrons. The van der Waals surface area contributed by atoms with Crippen molar-refractivity contribution in [2.75, 3.05) is 13.7 Å². The van der Waals surface area contributed by atoms with Gasteiger partial charge >= 0.3 is 0 Å². The Hall–Kier alpha value is -1.02. The summed E-state index contributed by atoms with van der Waals surface area (Å²) in [6, 6.07) is 8.26. The minimum atomic E-state index is 0.730. The molecule has 0 fully saturated rings. The van der Waals surface area contributed by atoms with Gasteiger partial charge in [-0.25, -0.2) is 0 Å². The quantitative estimate of drug-likeness (QED) is 0.795. The van der Waals surface area contributed by atoms with Crippen molar-refractivity contribution in [1.82, 2.24) is 5.32 Å². The molecule has 0 amide bonds. The minimum Gasteiger partial charge on any atom is -0.497 e. The first-order chi connectivity index (χ1) is 8.54. The topological polar surface area (TPSA) is 21.3 Å². The van der Waals surface area contributed by atoms with Crippen LogP contribution in [0.4, 0.5) is 0 Å². The van der Waals surface area contributed by atoms with E-state index < -0.39 is 0 Å². The standard InChI is InChI=1S/C16H27NO/c1-12(2)16(13(3)4)11-17-10-14-6-8-15(18-5)9-7-14/h6-9,12-13,16-17H,10-11H2,1-5H3. The maximum absolute atomic E-state index is 5.15. The van der Waals surface area contributed by atoms with E-state index in [0.29, 0.717) is 0 Å². The Morgan fingerprint density at radius 2 is 1.56 bits per heavy atom. The van der Waals surface area contributed by atoms with Gasteiger partial charge in [0.1, 0.15) is 5.75 Å². The average Bonchev–Trinajstić information content (AvgIpc) is 2.34. The summed E-state index contributed by atoms with van der Waals surface area (Å²) in [6.45, 7) is 11.2. The molecule has 0 atom stereocenters. The van der Waals surface area contributed by atoms with Gasteiger partial charge in [0.25, 0.3) is 0 Å². The molecule has 0 aliphatic rings. The van der Waals surface area contributed by atoms with Crippen molar-refractivity contribution in [2.45, 2.75) is 34.2 Å². The molecule has 1 aromatic rings. The number of hydrogen-bond acceptors (Lipinski definition) is 2. The van der Waals surface area contributed by atoms with Crippen molar-refractivity contribution in [3.63, 3.8) is 0 Å². The Kier molecular flexibility index (Phi) is 6.20. The number of rotatable bonds is 7. The third-order valence-electron chi connectivity index (χ3n) is 3.58. The Labute approximate surface area is 112 Å². The highest BCUT2D eigenvalue weighted by Crippen LogP contribution is 2.19. The summed E-state index contributed by atoms with van der Waals surface area (Å²) in [4.78, 5) is 0. The van der Waals surface area contributed by atoms with Gasteiger partial charge in [-0.2, -0.15) is 0 Å². The van der Waals surface area contributed by atoms with E-state index >= 15 is 0 Å². The number of nitrogens with one attached hydrogen (secondary N) is 1. The molecular weight excluding hydrogens is 222 g/mol. The molecule has 0 saturated carbocycles. The lowest BCUT2D eigenvalue weighted by atomic mass is 9.85. The lowest BCUT2D eigenvalue weighted by molar-refractivity contribution is 0.275. The predicted octanol–water partition coefficient (Wildman–Crippen LogP) is 3.71. The van der Waals surface area contributed by atoms with Crippen molar-refractivity contribution < 1.29 is 4.74 Å². The van der Waals surface area contributed by atoms with E-state index in [2.05, 4.69) is 45.1 Å². The zero-order chi connectivity index (χ0) is 13.5. The Morgan fingerprint density at radius 3 is 2.00 bits per heavy atom. The van der Waals surface area contributed by atoms with Crippen molar-refractivity contribution in [2.24, 2.45) is 17.8 Å². The molecule has 1 aromatic carbocycles. The SMILES string of the molecule is COc1ccc(CNCC(C(C)C)C(C)C)cc1. The van der Waals surface area contributed by atoms with Crippen molar-refractivity contribution in [1.29, 1.82) is 0 Å². The third-order valence-corrected chi connectivity index (χ3v) is 3.58. The van der Waals surface area contributed by atoms with Crippen molar-refractivity contribution in [3.05, 3.63) is 29.8 Å². The molecule has 1 rings (SSSR count). The van der Waals surface area contributed by atoms with Crippen LogP contribution < -0.4 is 10.1 Å². The van der Waals surface area contributed by atoms with Gasteiger partial charge in [0.2, 0.25) is 0 Å². The highest BCUT2D eigenvalue weighted by molar-refractivity contribution is 5.26. The Bertz CT molecular complexity index is 321. The number of hydrogen-bond donors (Lipinski definition) is 1. The summed E-state index contributed by atoms with van der Waals surface area (Å²) in [7, 11) is 1.70. The van der Waals surface area contributed by atoms with E-state index in [1.54, 1.807) is 7.11 Å². The van der Waals surface area contributed by atoms with Crippen LogP contribution in [0.3, 0.4) is 0 Å². The van der Waals surface area contributed by atoms with Gasteiger partial charge in [-0.3, -0.25) is 0 Å². The molecule has 0 aliphatic heterocycles. The summed E-state index contributed by atoms with van der Waals surface area (Å²) >= 11 is 0. The third kappa shape index (κ3) is 4.69. The predicted molar refractivity (Wildman–Crippen MR) is 77.9 cm³/mol. The van der Waals surface area contributed by atoms with Crippen molar-refractivity contribution in [3.8, 4) is 5.75 Å². The van der Waals surface area contributed by atoms with Gasteiger partial charge in [-0.05, 0) is 42.0 Å². The highest BCUT2D eigenvalue weighted by Gasteiger charge is 2.16. The molecule has 2 heteroatoms. The molecule has 0 bridgehead atoms. The highest BCUT2D eigenvalue weighted by atomic mass is 16.5. The second kappa shape index (κ2) is 7.42. The molecular formula is C16H27NO. The molecule has 0 unspecified atom stereocenters. The van der Waals surface area contributed by atoms with Crippen LogP contribution in [0.25, 0.3) is 0 Å². The van der Waals surface area contributed by atoms with E-state index in [-0.39, 0.29) is 0 Å². The van der Waals surface area contributed by atoms with E-state index in [1.807, 2.05) is 12.1 Å². The van der Waals surface area contributed by atoms with E-state index in [1.165, 1.54) is 5.56 Å². The van der Waals surface area contributed by atoms with Crippen LogP contribution >= 0.6 is 0 Å². The normalized spacial score (nSPS) is 11.6. The summed E-state index contributed by atoms with van der Waals surface area (Å²) in [5.74, 6) is 3.12. The fraction of sp³-hybridized carbons (Fsp3) is 0.625. The average molecular weight is 249 g/mol. The molecule has 0 aliphatic carbocycles. The molecule has 2 nitrogen and oxygen atoms in total. The van der Waals surface area contributed by atoms with Crippen LogP contribution in [-0.2, 0) is 6.54 Å². The van der Waals surface area contributed by atoms with Gasteiger partial charge < -0.3 is 10.1 Å². The second-order valence-corrected chi connectivity index (χ2v) is 5.63. The Morgan fingerprint density at radius 1 is 1.00 bits per heavy atom. The van der Waals surface area contributed by atoms with Crippen LogP contribution in [0.5, 0.6) is 5.75 Å². The maximum Gasteiger partial charge on any atom is 0.118 e. The fourth-order valence-electron chi connectivity index (χ4n) is 2.37. The zero-order valence-corrected chi connectivity index (χ0v) is 12.4. The van der Waals surface area contributed by atoms with Gasteiger partial charge in [0, 0.05) is 6.54 Å². The molecule has 0 saturated heterocycles. The molecule has 0 aromatic heterocycles. The van der Waals surface area contributed by atoms with Crippen LogP contribution in [-0.4, -0.2) is 13.7 Å². The molecule has 18 heavy (non-hydrogen) atoms. The monoisotopic (exact) mass is 249 g/mol. The van der Waals surface area contributed by atoms with Gasteiger partial charge in [0.15, 0.2) is 0 Å². The molecule has 1 N–H and O–H groups in total. The number of methoxy groups -OCH3 is 1. The van der Waals surface area contributed by atoms with Gasteiger partial charge in [-0.1, -0.05) is 39.8 Å². The second-order valence-electron chi connectivity index (χ2n) is 5.63. The Balaban J connectivity index is 2.40. The lowest BCUT2D eigenvalue weighted by Gasteiger charge is -2.25. The molecule has 0 spiro atoms. The van der Waals surface area contributed by atoms with Crippen LogP contribution in [0.15, 0.2) is 24.3 Å². The van der Waals surface area contributed by atoms with E-state index in [9.17, 15) is 0 Å². The van der Waals surface area contributed by atoms with E-state index in [0.717, 1.165) is 36.6 Å². The number of ether oxygens (including phenoxy) is 1. The van der Waals surface area contributed by atoms with E-state index in [4.69, 9.17) is 4.74 Å². The van der Waals surface area contributed by atoms with Gasteiger partial charge in [-0.15, -0.1) is 0 Å². The summed E-state index contributed by atoms with van der Waals surface area (Å²) in [6.07, 6.45) is 0. The molecule has 0 heterocycles. The first kappa shape index (κ1) is 15.0. The largest absolute Gasteiger partial charge is 0.497 e.